The third kappa shape index (κ3) is 2.68. The fourth-order valence-electron chi connectivity index (χ4n) is 1.83. The second-order valence-corrected chi connectivity index (χ2v) is 3.93. The first-order chi connectivity index (χ1) is 7.85. The molecule has 0 unspecified atom stereocenters. The molecule has 5 nitrogen and oxygen atoms in total. The van der Waals surface area contributed by atoms with Crippen LogP contribution in [0.25, 0.3) is 0 Å². The summed E-state index contributed by atoms with van der Waals surface area (Å²) < 4.78 is 10.9. The molecule has 88 valence electrons. The second-order valence-electron chi connectivity index (χ2n) is 3.93. The van der Waals surface area contributed by atoms with Gasteiger partial charge < -0.3 is 14.8 Å². The summed E-state index contributed by atoms with van der Waals surface area (Å²) >= 11 is 0. The summed E-state index contributed by atoms with van der Waals surface area (Å²) in [4.78, 5) is 8.24. The minimum atomic E-state index is -0.141. The molecule has 1 fully saturated rings. The van der Waals surface area contributed by atoms with Gasteiger partial charge in [-0.05, 0) is 6.07 Å². The number of nitrogens with zero attached hydrogens (tertiary/aromatic N) is 2. The maximum absolute atomic E-state index is 5.60. The molecule has 2 rings (SSSR count). The third-order valence-electron chi connectivity index (χ3n) is 2.97. The maximum Gasteiger partial charge on any atom is 0.222 e. The number of anilines is 1. The van der Waals surface area contributed by atoms with Crippen molar-refractivity contribution < 1.29 is 9.47 Å². The molecule has 1 saturated heterocycles. The average Bonchev–Trinajstić information content (AvgIpc) is 2.39. The van der Waals surface area contributed by atoms with Crippen LogP contribution in [0, 0.1) is 0 Å². The van der Waals surface area contributed by atoms with Crippen molar-refractivity contribution in [3.63, 3.8) is 0 Å². The molecule has 0 atom stereocenters. The van der Waals surface area contributed by atoms with E-state index in [4.69, 9.17) is 9.47 Å². The van der Waals surface area contributed by atoms with Crippen LogP contribution in [-0.2, 0) is 9.47 Å². The fourth-order valence-corrected chi connectivity index (χ4v) is 1.83. The highest BCUT2D eigenvalue weighted by atomic mass is 16.5. The van der Waals surface area contributed by atoms with Gasteiger partial charge in [0.25, 0.3) is 0 Å². The van der Waals surface area contributed by atoms with Crippen LogP contribution in [0.2, 0.25) is 0 Å². The SMILES string of the molecule is COC1(CNc2ncccn2)CCOCC1. The van der Waals surface area contributed by atoms with Crippen LogP contribution in [0.15, 0.2) is 18.5 Å². The van der Waals surface area contributed by atoms with E-state index in [2.05, 4.69) is 15.3 Å². The number of aromatic nitrogens is 2. The van der Waals surface area contributed by atoms with Crippen molar-refractivity contribution in [1.29, 1.82) is 0 Å². The molecule has 1 aromatic rings. The molecule has 1 aliphatic rings. The van der Waals surface area contributed by atoms with Crippen molar-refractivity contribution in [2.45, 2.75) is 18.4 Å². The highest BCUT2D eigenvalue weighted by molar-refractivity contribution is 5.23. The zero-order chi connectivity index (χ0) is 11.3. The van der Waals surface area contributed by atoms with E-state index in [1.165, 1.54) is 0 Å². The predicted molar refractivity (Wildman–Crippen MR) is 60.3 cm³/mol. The summed E-state index contributed by atoms with van der Waals surface area (Å²) in [6.07, 6.45) is 5.25. The van der Waals surface area contributed by atoms with Crippen LogP contribution >= 0.6 is 0 Å². The lowest BCUT2D eigenvalue weighted by atomic mass is 9.94. The van der Waals surface area contributed by atoms with Crippen LogP contribution in [0.3, 0.4) is 0 Å². The predicted octanol–water partition coefficient (Wildman–Crippen LogP) is 1.08. The van der Waals surface area contributed by atoms with E-state index in [0.29, 0.717) is 5.95 Å². The molecule has 1 aromatic heterocycles. The molecule has 5 heteroatoms. The van der Waals surface area contributed by atoms with E-state index in [1.54, 1.807) is 25.6 Å². The quantitative estimate of drug-likeness (QED) is 0.828. The Bertz CT molecular complexity index is 312. The monoisotopic (exact) mass is 223 g/mol. The first-order valence-corrected chi connectivity index (χ1v) is 5.48. The van der Waals surface area contributed by atoms with Gasteiger partial charge in [0, 0.05) is 52.1 Å². The van der Waals surface area contributed by atoms with Crippen molar-refractivity contribution in [2.24, 2.45) is 0 Å². The van der Waals surface area contributed by atoms with Gasteiger partial charge in [0.2, 0.25) is 5.95 Å². The molecule has 0 saturated carbocycles. The molecule has 1 N–H and O–H groups in total. The Morgan fingerprint density at radius 1 is 1.38 bits per heavy atom. The molecular formula is C11H17N3O2. The van der Waals surface area contributed by atoms with Crippen molar-refractivity contribution >= 4 is 5.95 Å². The Morgan fingerprint density at radius 3 is 2.69 bits per heavy atom. The summed E-state index contributed by atoms with van der Waals surface area (Å²) in [5, 5.41) is 3.20. The lowest BCUT2D eigenvalue weighted by Crippen LogP contribution is -2.44. The van der Waals surface area contributed by atoms with E-state index in [0.717, 1.165) is 32.6 Å². The van der Waals surface area contributed by atoms with Gasteiger partial charge in [-0.3, -0.25) is 0 Å². The second kappa shape index (κ2) is 5.23. The summed E-state index contributed by atoms with van der Waals surface area (Å²) in [7, 11) is 1.75. The van der Waals surface area contributed by atoms with E-state index in [-0.39, 0.29) is 5.60 Å². The molecule has 2 heterocycles. The molecular weight excluding hydrogens is 206 g/mol. The van der Waals surface area contributed by atoms with Gasteiger partial charge in [0.1, 0.15) is 0 Å². The van der Waals surface area contributed by atoms with Gasteiger partial charge in [0.15, 0.2) is 0 Å². The van der Waals surface area contributed by atoms with Gasteiger partial charge in [-0.1, -0.05) is 0 Å². The zero-order valence-electron chi connectivity index (χ0n) is 9.48. The molecule has 16 heavy (non-hydrogen) atoms. The Hall–Kier alpha value is -1.20. The largest absolute Gasteiger partial charge is 0.381 e. The Labute approximate surface area is 95.2 Å². The standard InChI is InChI=1S/C11H17N3O2/c1-15-11(3-7-16-8-4-11)9-14-10-12-5-2-6-13-10/h2,5-6H,3-4,7-9H2,1H3,(H,12,13,14). The van der Waals surface area contributed by atoms with E-state index >= 15 is 0 Å². The van der Waals surface area contributed by atoms with Gasteiger partial charge in [-0.15, -0.1) is 0 Å². The minimum absolute atomic E-state index is 0.141. The molecule has 0 bridgehead atoms. The van der Waals surface area contributed by atoms with E-state index in [1.807, 2.05) is 0 Å². The smallest absolute Gasteiger partial charge is 0.222 e. The summed E-state index contributed by atoms with van der Waals surface area (Å²) in [6.45, 7) is 2.23. The molecule has 0 radical (unpaired) electrons. The summed E-state index contributed by atoms with van der Waals surface area (Å²) in [5.41, 5.74) is -0.141. The highest BCUT2D eigenvalue weighted by Gasteiger charge is 2.32. The van der Waals surface area contributed by atoms with Crippen LogP contribution in [-0.4, -0.2) is 42.4 Å². The number of methoxy groups -OCH3 is 1. The van der Waals surface area contributed by atoms with Crippen LogP contribution < -0.4 is 5.32 Å². The molecule has 0 aromatic carbocycles. The number of rotatable bonds is 4. The maximum atomic E-state index is 5.60. The Kier molecular flexibility index (Phi) is 3.69. The normalized spacial score (nSPS) is 19.3. The van der Waals surface area contributed by atoms with Gasteiger partial charge in [0.05, 0.1) is 5.60 Å². The number of nitrogens with one attached hydrogen (secondary N) is 1. The summed E-state index contributed by atoms with van der Waals surface area (Å²) in [5.74, 6) is 0.644. The first kappa shape index (κ1) is 11.3. The lowest BCUT2D eigenvalue weighted by Gasteiger charge is -2.35. The summed E-state index contributed by atoms with van der Waals surface area (Å²) in [6, 6.07) is 1.80. The Balaban J connectivity index is 1.92. The molecule has 0 aliphatic carbocycles. The zero-order valence-corrected chi connectivity index (χ0v) is 9.48. The molecule has 0 amide bonds. The molecule has 1 aliphatic heterocycles. The van der Waals surface area contributed by atoms with Crippen molar-refractivity contribution in [1.82, 2.24) is 9.97 Å². The van der Waals surface area contributed by atoms with E-state index < -0.39 is 0 Å². The first-order valence-electron chi connectivity index (χ1n) is 5.48. The average molecular weight is 223 g/mol. The third-order valence-corrected chi connectivity index (χ3v) is 2.97. The van der Waals surface area contributed by atoms with Crippen molar-refractivity contribution in [3.05, 3.63) is 18.5 Å². The van der Waals surface area contributed by atoms with Crippen LogP contribution in [0.4, 0.5) is 5.95 Å². The van der Waals surface area contributed by atoms with Crippen LogP contribution in [0.1, 0.15) is 12.8 Å². The van der Waals surface area contributed by atoms with Crippen molar-refractivity contribution in [2.75, 3.05) is 32.2 Å². The number of hydrogen-bond acceptors (Lipinski definition) is 5. The minimum Gasteiger partial charge on any atom is -0.381 e. The number of ether oxygens (including phenoxy) is 2. The number of hydrogen-bond donors (Lipinski definition) is 1. The van der Waals surface area contributed by atoms with Crippen LogP contribution in [0.5, 0.6) is 0 Å². The van der Waals surface area contributed by atoms with Crippen molar-refractivity contribution in [3.8, 4) is 0 Å². The van der Waals surface area contributed by atoms with Gasteiger partial charge in [-0.2, -0.15) is 0 Å². The topological polar surface area (TPSA) is 56.3 Å². The Morgan fingerprint density at radius 2 is 2.06 bits per heavy atom. The van der Waals surface area contributed by atoms with Gasteiger partial charge >= 0.3 is 0 Å². The van der Waals surface area contributed by atoms with Gasteiger partial charge in [-0.25, -0.2) is 9.97 Å². The lowest BCUT2D eigenvalue weighted by molar-refractivity contribution is -0.0807. The highest BCUT2D eigenvalue weighted by Crippen LogP contribution is 2.24. The van der Waals surface area contributed by atoms with E-state index in [9.17, 15) is 0 Å². The molecule has 0 spiro atoms. The fraction of sp³-hybridized carbons (Fsp3) is 0.636.